The van der Waals surface area contributed by atoms with Gasteiger partial charge in [-0.05, 0) is 51.3 Å². The number of rotatable bonds is 7. The molecule has 34 heavy (non-hydrogen) atoms. The van der Waals surface area contributed by atoms with E-state index in [1.165, 1.54) is 12.1 Å². The molecule has 0 aromatic heterocycles. The Morgan fingerprint density at radius 2 is 1.62 bits per heavy atom. The minimum atomic E-state index is -4.11. The van der Waals surface area contributed by atoms with Gasteiger partial charge in [-0.3, -0.25) is 9.74 Å². The van der Waals surface area contributed by atoms with Crippen molar-refractivity contribution in [1.82, 2.24) is 9.37 Å². The molecule has 9 nitrogen and oxygen atoms in total. The molecule has 1 aliphatic rings. The summed E-state index contributed by atoms with van der Waals surface area (Å²) < 4.78 is 33.4. The Morgan fingerprint density at radius 1 is 1.03 bits per heavy atom. The van der Waals surface area contributed by atoms with E-state index in [9.17, 15) is 23.1 Å². The van der Waals surface area contributed by atoms with Gasteiger partial charge in [0.05, 0.1) is 17.5 Å². The van der Waals surface area contributed by atoms with Gasteiger partial charge < -0.3 is 9.84 Å². The fraction of sp³-hybridized carbons (Fsp3) is 0.417. The highest BCUT2D eigenvalue weighted by Crippen LogP contribution is 2.29. The number of hydrogen-bond donors (Lipinski definition) is 1. The normalized spacial score (nSPS) is 19.1. The zero-order valence-corrected chi connectivity index (χ0v) is 20.3. The van der Waals surface area contributed by atoms with E-state index < -0.39 is 39.8 Å². The number of sulfonamides is 1. The molecule has 0 saturated carbocycles. The maximum absolute atomic E-state index is 13.5. The standard InChI is InChI=1S/C24H30N2O7S/c1-24(2,3)33-23(29)25-16-19(14-15-21(25)22(27)28)26(32-17-18-10-6-4-7-11-18)34(30,31)20-12-8-5-9-13-20/h4-13,19,21H,14-17H2,1-3H3,(H,27,28)/t19-,21+/m1/s1. The van der Waals surface area contributed by atoms with Crippen molar-refractivity contribution < 1.29 is 32.7 Å². The number of benzene rings is 2. The number of likely N-dealkylation sites (tertiary alicyclic amines) is 1. The zero-order valence-electron chi connectivity index (χ0n) is 19.5. The second kappa shape index (κ2) is 10.5. The van der Waals surface area contributed by atoms with E-state index >= 15 is 0 Å². The van der Waals surface area contributed by atoms with E-state index in [-0.39, 0.29) is 30.9 Å². The third-order valence-corrected chi connectivity index (χ3v) is 6.99. The van der Waals surface area contributed by atoms with Crippen molar-refractivity contribution in [2.75, 3.05) is 6.54 Å². The first-order valence-electron chi connectivity index (χ1n) is 11.0. The third-order valence-electron chi connectivity index (χ3n) is 5.25. The van der Waals surface area contributed by atoms with Gasteiger partial charge in [0.15, 0.2) is 0 Å². The number of piperidine rings is 1. The van der Waals surface area contributed by atoms with Crippen LogP contribution < -0.4 is 0 Å². The third kappa shape index (κ3) is 6.34. The van der Waals surface area contributed by atoms with E-state index in [0.717, 1.165) is 14.9 Å². The summed E-state index contributed by atoms with van der Waals surface area (Å²) in [5.41, 5.74) is -0.0776. The number of ether oxygens (including phenoxy) is 1. The van der Waals surface area contributed by atoms with Gasteiger partial charge in [0.25, 0.3) is 10.0 Å². The SMILES string of the molecule is CC(C)(C)OC(=O)N1C[C@H](N(OCc2ccccc2)S(=O)(=O)c2ccccc2)CC[C@H]1C(=O)O. The molecule has 3 rings (SSSR count). The lowest BCUT2D eigenvalue weighted by Crippen LogP contribution is -2.57. The summed E-state index contributed by atoms with van der Waals surface area (Å²) in [6, 6.07) is 15.0. The lowest BCUT2D eigenvalue weighted by molar-refractivity contribution is -0.154. The van der Waals surface area contributed by atoms with Gasteiger partial charge in [-0.2, -0.15) is 0 Å². The maximum atomic E-state index is 13.5. The molecule has 10 heteroatoms. The molecule has 1 fully saturated rings. The van der Waals surface area contributed by atoms with Crippen LogP contribution in [0.4, 0.5) is 4.79 Å². The van der Waals surface area contributed by atoms with Crippen molar-refractivity contribution in [2.24, 2.45) is 0 Å². The number of carboxylic acid groups (broad SMARTS) is 1. The van der Waals surface area contributed by atoms with Crippen LogP contribution in [-0.2, 0) is 31.0 Å². The largest absolute Gasteiger partial charge is 0.480 e. The van der Waals surface area contributed by atoms with Crippen molar-refractivity contribution in [2.45, 2.75) is 62.8 Å². The summed E-state index contributed by atoms with van der Waals surface area (Å²) in [6.45, 7) is 4.83. The summed E-state index contributed by atoms with van der Waals surface area (Å²) >= 11 is 0. The molecule has 2 aromatic rings. The minimum Gasteiger partial charge on any atom is -0.480 e. The number of hydrogen-bond acceptors (Lipinski definition) is 6. The monoisotopic (exact) mass is 490 g/mol. The van der Waals surface area contributed by atoms with Crippen molar-refractivity contribution in [1.29, 1.82) is 0 Å². The summed E-state index contributed by atoms with van der Waals surface area (Å²) in [7, 11) is -4.11. The van der Waals surface area contributed by atoms with Gasteiger partial charge in [0, 0.05) is 6.54 Å². The Labute approximate surface area is 199 Å². The van der Waals surface area contributed by atoms with Gasteiger partial charge in [0.1, 0.15) is 11.6 Å². The molecular weight excluding hydrogens is 460 g/mol. The number of carboxylic acids is 1. The fourth-order valence-electron chi connectivity index (χ4n) is 3.68. The van der Waals surface area contributed by atoms with Crippen LogP contribution in [0, 0.1) is 0 Å². The Bertz CT molecular complexity index is 1090. The van der Waals surface area contributed by atoms with E-state index in [4.69, 9.17) is 9.57 Å². The molecule has 2 atom stereocenters. The highest BCUT2D eigenvalue weighted by Gasteiger charge is 2.43. The smallest absolute Gasteiger partial charge is 0.411 e. The number of carbonyl (C=O) groups is 2. The number of hydroxylamine groups is 1. The number of carbonyl (C=O) groups excluding carboxylic acids is 1. The van der Waals surface area contributed by atoms with Gasteiger partial charge in [-0.1, -0.05) is 53.0 Å². The van der Waals surface area contributed by atoms with Crippen molar-refractivity contribution in [3.8, 4) is 0 Å². The summed E-state index contributed by atoms with van der Waals surface area (Å²) in [5.74, 6) is -1.17. The molecular formula is C24H30N2O7S. The van der Waals surface area contributed by atoms with E-state index in [1.54, 1.807) is 39.0 Å². The molecule has 0 radical (unpaired) electrons. The molecule has 1 amide bonds. The Balaban J connectivity index is 1.92. The molecule has 0 aliphatic carbocycles. The summed E-state index contributed by atoms with van der Waals surface area (Å²) in [4.78, 5) is 31.6. The molecule has 1 aliphatic heterocycles. The predicted molar refractivity (Wildman–Crippen MR) is 124 cm³/mol. The Hall–Kier alpha value is -2.95. The second-order valence-corrected chi connectivity index (χ2v) is 10.8. The first kappa shape index (κ1) is 25.7. The van der Waals surface area contributed by atoms with Crippen LogP contribution in [0.2, 0.25) is 0 Å². The van der Waals surface area contributed by atoms with E-state index in [0.29, 0.717) is 0 Å². The summed E-state index contributed by atoms with van der Waals surface area (Å²) in [5, 5.41) is 9.66. The molecule has 1 saturated heterocycles. The van der Waals surface area contributed by atoms with Crippen LogP contribution >= 0.6 is 0 Å². The van der Waals surface area contributed by atoms with Crippen molar-refractivity contribution >= 4 is 22.1 Å². The first-order valence-corrected chi connectivity index (χ1v) is 12.4. The van der Waals surface area contributed by atoms with Gasteiger partial charge in [-0.25, -0.2) is 18.0 Å². The van der Waals surface area contributed by atoms with Crippen LogP contribution in [0.5, 0.6) is 0 Å². The van der Waals surface area contributed by atoms with Gasteiger partial charge >= 0.3 is 12.1 Å². The van der Waals surface area contributed by atoms with Gasteiger partial charge in [-0.15, -0.1) is 0 Å². The lowest BCUT2D eigenvalue weighted by Gasteiger charge is -2.41. The summed E-state index contributed by atoms with van der Waals surface area (Å²) in [6.07, 6.45) is -0.573. The molecule has 1 heterocycles. The highest BCUT2D eigenvalue weighted by atomic mass is 32.2. The van der Waals surface area contributed by atoms with Crippen LogP contribution in [-0.4, -0.2) is 59.2 Å². The zero-order chi connectivity index (χ0) is 24.9. The van der Waals surface area contributed by atoms with Crippen LogP contribution in [0.3, 0.4) is 0 Å². The second-order valence-electron chi connectivity index (χ2n) is 9.05. The number of amides is 1. The van der Waals surface area contributed by atoms with Gasteiger partial charge in [0.2, 0.25) is 0 Å². The highest BCUT2D eigenvalue weighted by molar-refractivity contribution is 7.89. The molecule has 0 spiro atoms. The maximum Gasteiger partial charge on any atom is 0.411 e. The van der Waals surface area contributed by atoms with Crippen LogP contribution in [0.15, 0.2) is 65.6 Å². The first-order chi connectivity index (χ1) is 16.0. The average molecular weight is 491 g/mol. The molecule has 1 N–H and O–H groups in total. The van der Waals surface area contributed by atoms with Crippen molar-refractivity contribution in [3.05, 3.63) is 66.2 Å². The topological polar surface area (TPSA) is 113 Å². The lowest BCUT2D eigenvalue weighted by atomic mass is 9.99. The van der Waals surface area contributed by atoms with Crippen molar-refractivity contribution in [3.63, 3.8) is 0 Å². The van der Waals surface area contributed by atoms with E-state index in [2.05, 4.69) is 0 Å². The average Bonchev–Trinajstić information content (AvgIpc) is 2.79. The number of aliphatic carboxylic acids is 1. The fourth-order valence-corrected chi connectivity index (χ4v) is 5.15. The molecule has 2 aromatic carbocycles. The molecule has 0 bridgehead atoms. The predicted octanol–water partition coefficient (Wildman–Crippen LogP) is 3.66. The quantitative estimate of drug-likeness (QED) is 0.589. The van der Waals surface area contributed by atoms with Crippen LogP contribution in [0.25, 0.3) is 0 Å². The molecule has 184 valence electrons. The molecule has 0 unspecified atom stereocenters. The number of nitrogens with zero attached hydrogens (tertiary/aromatic N) is 2. The Kier molecular flexibility index (Phi) is 7.96. The Morgan fingerprint density at radius 3 is 2.18 bits per heavy atom. The van der Waals surface area contributed by atoms with E-state index in [1.807, 2.05) is 30.3 Å². The van der Waals surface area contributed by atoms with Crippen LogP contribution in [0.1, 0.15) is 39.2 Å². The minimum absolute atomic E-state index is 0.0157.